The first-order chi connectivity index (χ1) is 7.15. The third-order valence-corrected chi connectivity index (χ3v) is 3.75. The topological polar surface area (TPSA) is 32.3 Å². The SMILES string of the molecule is CNCc1ccccc1SC(C)C(C)O. The minimum Gasteiger partial charge on any atom is -0.392 e. The number of hydrogen-bond acceptors (Lipinski definition) is 3. The van der Waals surface area contributed by atoms with Crippen LogP contribution in [0, 0.1) is 0 Å². The second-order valence-electron chi connectivity index (χ2n) is 3.70. The molecule has 0 spiro atoms. The van der Waals surface area contributed by atoms with Crippen molar-refractivity contribution in [1.29, 1.82) is 0 Å². The third-order valence-electron chi connectivity index (χ3n) is 2.33. The number of aliphatic hydroxyl groups is 1. The van der Waals surface area contributed by atoms with Gasteiger partial charge in [0, 0.05) is 16.7 Å². The molecule has 0 aromatic heterocycles. The van der Waals surface area contributed by atoms with Crippen LogP contribution in [-0.2, 0) is 6.54 Å². The van der Waals surface area contributed by atoms with E-state index in [-0.39, 0.29) is 11.4 Å². The van der Waals surface area contributed by atoms with Crippen molar-refractivity contribution in [3.05, 3.63) is 29.8 Å². The van der Waals surface area contributed by atoms with Crippen LogP contribution < -0.4 is 5.32 Å². The molecule has 2 nitrogen and oxygen atoms in total. The Morgan fingerprint density at radius 1 is 1.33 bits per heavy atom. The second kappa shape index (κ2) is 6.16. The highest BCUT2D eigenvalue weighted by atomic mass is 32.2. The molecule has 0 saturated heterocycles. The lowest BCUT2D eigenvalue weighted by Crippen LogP contribution is -2.15. The van der Waals surface area contributed by atoms with Gasteiger partial charge in [-0.05, 0) is 25.6 Å². The Morgan fingerprint density at radius 2 is 2.00 bits per heavy atom. The van der Waals surface area contributed by atoms with E-state index in [1.54, 1.807) is 11.8 Å². The van der Waals surface area contributed by atoms with E-state index in [9.17, 15) is 5.11 Å². The standard InChI is InChI=1S/C12H19NOS/c1-9(14)10(2)15-12-7-5-4-6-11(12)8-13-3/h4-7,9-10,13-14H,8H2,1-3H3. The molecule has 1 aromatic rings. The Labute approximate surface area is 96.1 Å². The lowest BCUT2D eigenvalue weighted by Gasteiger charge is -2.16. The van der Waals surface area contributed by atoms with Gasteiger partial charge in [0.1, 0.15) is 0 Å². The summed E-state index contributed by atoms with van der Waals surface area (Å²) in [6.45, 7) is 4.75. The summed E-state index contributed by atoms with van der Waals surface area (Å²) >= 11 is 1.73. The van der Waals surface area contributed by atoms with E-state index >= 15 is 0 Å². The van der Waals surface area contributed by atoms with Gasteiger partial charge >= 0.3 is 0 Å². The first-order valence-electron chi connectivity index (χ1n) is 5.22. The smallest absolute Gasteiger partial charge is 0.0631 e. The van der Waals surface area contributed by atoms with Gasteiger partial charge in [0.05, 0.1) is 6.10 Å². The monoisotopic (exact) mass is 225 g/mol. The maximum absolute atomic E-state index is 9.47. The van der Waals surface area contributed by atoms with Crippen molar-refractivity contribution >= 4 is 11.8 Å². The summed E-state index contributed by atoms with van der Waals surface area (Å²) in [7, 11) is 1.94. The molecule has 2 unspecified atom stereocenters. The predicted molar refractivity (Wildman–Crippen MR) is 66.2 cm³/mol. The van der Waals surface area contributed by atoms with Gasteiger partial charge in [-0.2, -0.15) is 0 Å². The summed E-state index contributed by atoms with van der Waals surface area (Å²) in [5.41, 5.74) is 1.29. The molecular formula is C12H19NOS. The van der Waals surface area contributed by atoms with Gasteiger partial charge in [0.2, 0.25) is 0 Å². The van der Waals surface area contributed by atoms with Crippen LogP contribution in [0.2, 0.25) is 0 Å². The number of hydrogen-bond donors (Lipinski definition) is 2. The van der Waals surface area contributed by atoms with Gasteiger partial charge in [-0.3, -0.25) is 0 Å². The minimum atomic E-state index is -0.280. The first kappa shape index (κ1) is 12.6. The molecule has 0 radical (unpaired) electrons. The van der Waals surface area contributed by atoms with Crippen LogP contribution in [0.1, 0.15) is 19.4 Å². The average molecular weight is 225 g/mol. The molecule has 0 heterocycles. The zero-order valence-corrected chi connectivity index (χ0v) is 10.3. The summed E-state index contributed by atoms with van der Waals surface area (Å²) in [6, 6.07) is 8.31. The third kappa shape index (κ3) is 3.86. The Hall–Kier alpha value is -0.510. The molecule has 0 aliphatic heterocycles. The zero-order chi connectivity index (χ0) is 11.3. The minimum absolute atomic E-state index is 0.225. The van der Waals surface area contributed by atoms with Crippen molar-refractivity contribution < 1.29 is 5.11 Å². The molecule has 2 N–H and O–H groups in total. The molecule has 2 atom stereocenters. The highest BCUT2D eigenvalue weighted by Crippen LogP contribution is 2.28. The van der Waals surface area contributed by atoms with Crippen molar-refractivity contribution in [2.45, 2.75) is 36.6 Å². The van der Waals surface area contributed by atoms with Crippen LogP contribution in [0.3, 0.4) is 0 Å². The molecule has 3 heteroatoms. The molecule has 0 aliphatic rings. The van der Waals surface area contributed by atoms with Crippen molar-refractivity contribution in [2.24, 2.45) is 0 Å². The molecule has 1 aromatic carbocycles. The quantitative estimate of drug-likeness (QED) is 0.754. The van der Waals surface area contributed by atoms with Crippen LogP contribution in [-0.4, -0.2) is 23.5 Å². The fourth-order valence-electron chi connectivity index (χ4n) is 1.25. The summed E-state index contributed by atoms with van der Waals surface area (Å²) < 4.78 is 0. The first-order valence-corrected chi connectivity index (χ1v) is 6.10. The van der Waals surface area contributed by atoms with Gasteiger partial charge in [-0.15, -0.1) is 11.8 Å². The summed E-state index contributed by atoms with van der Waals surface area (Å²) in [6.07, 6.45) is -0.280. The molecule has 15 heavy (non-hydrogen) atoms. The van der Waals surface area contributed by atoms with Crippen molar-refractivity contribution in [3.63, 3.8) is 0 Å². The van der Waals surface area contributed by atoms with Gasteiger partial charge in [0.25, 0.3) is 0 Å². The lowest BCUT2D eigenvalue weighted by atomic mass is 10.2. The summed E-state index contributed by atoms with van der Waals surface area (Å²) in [4.78, 5) is 1.25. The Balaban J connectivity index is 2.74. The number of rotatable bonds is 5. The van der Waals surface area contributed by atoms with Gasteiger partial charge in [-0.25, -0.2) is 0 Å². The molecule has 0 aliphatic carbocycles. The number of nitrogens with one attached hydrogen (secondary N) is 1. The fourth-order valence-corrected chi connectivity index (χ4v) is 2.30. The van der Waals surface area contributed by atoms with E-state index in [0.717, 1.165) is 6.54 Å². The second-order valence-corrected chi connectivity index (χ2v) is 5.12. The largest absolute Gasteiger partial charge is 0.392 e. The van der Waals surface area contributed by atoms with E-state index < -0.39 is 0 Å². The number of benzene rings is 1. The summed E-state index contributed by atoms with van der Waals surface area (Å²) in [5, 5.41) is 12.8. The van der Waals surface area contributed by atoms with Gasteiger partial charge in [-0.1, -0.05) is 25.1 Å². The van der Waals surface area contributed by atoms with Crippen LogP contribution in [0.25, 0.3) is 0 Å². The maximum Gasteiger partial charge on any atom is 0.0631 e. The highest BCUT2D eigenvalue weighted by Gasteiger charge is 2.12. The van der Waals surface area contributed by atoms with Crippen molar-refractivity contribution in [3.8, 4) is 0 Å². The molecule has 0 saturated carbocycles. The van der Waals surface area contributed by atoms with Gasteiger partial charge in [0.15, 0.2) is 0 Å². The average Bonchev–Trinajstić information content (AvgIpc) is 2.21. The zero-order valence-electron chi connectivity index (χ0n) is 9.53. The molecular weight excluding hydrogens is 206 g/mol. The van der Waals surface area contributed by atoms with Crippen LogP contribution in [0.5, 0.6) is 0 Å². The maximum atomic E-state index is 9.47. The molecule has 0 amide bonds. The fraction of sp³-hybridized carbons (Fsp3) is 0.500. The van der Waals surface area contributed by atoms with E-state index in [0.29, 0.717) is 0 Å². The van der Waals surface area contributed by atoms with Crippen LogP contribution in [0.4, 0.5) is 0 Å². The van der Waals surface area contributed by atoms with E-state index in [1.807, 2.05) is 33.0 Å². The number of thioether (sulfide) groups is 1. The van der Waals surface area contributed by atoms with Crippen LogP contribution >= 0.6 is 11.8 Å². The molecule has 0 fully saturated rings. The molecule has 1 rings (SSSR count). The Bertz CT molecular complexity index is 301. The highest BCUT2D eigenvalue weighted by molar-refractivity contribution is 8.00. The van der Waals surface area contributed by atoms with Gasteiger partial charge < -0.3 is 10.4 Å². The summed E-state index contributed by atoms with van der Waals surface area (Å²) in [5.74, 6) is 0. The van der Waals surface area contributed by atoms with E-state index in [4.69, 9.17) is 0 Å². The molecule has 84 valence electrons. The number of aliphatic hydroxyl groups excluding tert-OH is 1. The van der Waals surface area contributed by atoms with Crippen molar-refractivity contribution in [1.82, 2.24) is 5.32 Å². The predicted octanol–water partition coefficient (Wildman–Crippen LogP) is 2.27. The van der Waals surface area contributed by atoms with E-state index in [2.05, 4.69) is 17.4 Å². The van der Waals surface area contributed by atoms with Crippen LogP contribution in [0.15, 0.2) is 29.2 Å². The molecule has 0 bridgehead atoms. The normalized spacial score (nSPS) is 14.9. The van der Waals surface area contributed by atoms with E-state index in [1.165, 1.54) is 10.5 Å². The Morgan fingerprint density at radius 3 is 2.60 bits per heavy atom. The lowest BCUT2D eigenvalue weighted by molar-refractivity contribution is 0.196. The Kier molecular flexibility index (Phi) is 5.15. The van der Waals surface area contributed by atoms with Crippen molar-refractivity contribution in [2.75, 3.05) is 7.05 Å².